The largest absolute Gasteiger partial charge is 0.379 e. The Morgan fingerprint density at radius 2 is 1.79 bits per heavy atom. The number of nitrogens with one attached hydrogen (secondary N) is 1. The van der Waals surface area contributed by atoms with Gasteiger partial charge in [0.1, 0.15) is 5.65 Å². The molecule has 3 aromatic rings. The van der Waals surface area contributed by atoms with Crippen molar-refractivity contribution in [2.75, 3.05) is 5.32 Å². The molecule has 4 nitrogen and oxygen atoms in total. The molecule has 0 aliphatic rings. The first-order valence-corrected chi connectivity index (χ1v) is 8.16. The Bertz CT molecular complexity index is 918. The Balaban J connectivity index is 1.78. The Kier molecular flexibility index (Phi) is 4.14. The summed E-state index contributed by atoms with van der Waals surface area (Å²) in [7, 11) is 0. The molecule has 1 aromatic carbocycles. The van der Waals surface area contributed by atoms with E-state index in [1.807, 2.05) is 25.3 Å². The minimum absolute atomic E-state index is 0.0522. The quantitative estimate of drug-likeness (QED) is 0.795. The first kappa shape index (κ1) is 16.2. The number of aromatic nitrogens is 2. The molecule has 0 spiro atoms. The lowest BCUT2D eigenvalue weighted by atomic mass is 9.87. The van der Waals surface area contributed by atoms with E-state index in [4.69, 9.17) is 0 Å². The van der Waals surface area contributed by atoms with Crippen LogP contribution in [0.4, 0.5) is 5.69 Å². The van der Waals surface area contributed by atoms with E-state index in [1.54, 1.807) is 10.5 Å². The average Bonchev–Trinajstić information content (AvgIpc) is 2.53. The lowest BCUT2D eigenvalue weighted by molar-refractivity contribution is 0.590. The van der Waals surface area contributed by atoms with E-state index < -0.39 is 0 Å². The number of nitrogens with zero attached hydrogens (tertiary/aromatic N) is 2. The third-order valence-electron chi connectivity index (χ3n) is 4.09. The Hall–Kier alpha value is -2.62. The molecule has 4 heteroatoms. The summed E-state index contributed by atoms with van der Waals surface area (Å²) in [5, 5.41) is 3.33. The number of rotatable bonds is 3. The van der Waals surface area contributed by atoms with Gasteiger partial charge >= 0.3 is 0 Å². The zero-order chi connectivity index (χ0) is 17.3. The van der Waals surface area contributed by atoms with E-state index in [-0.39, 0.29) is 11.0 Å². The molecule has 0 fully saturated rings. The van der Waals surface area contributed by atoms with Crippen LogP contribution in [-0.4, -0.2) is 9.38 Å². The summed E-state index contributed by atoms with van der Waals surface area (Å²) in [6.45, 7) is 9.08. The summed E-state index contributed by atoms with van der Waals surface area (Å²) in [6, 6.07) is 13.8. The third kappa shape index (κ3) is 3.48. The molecule has 0 bridgehead atoms. The molecule has 3 rings (SSSR count). The highest BCUT2D eigenvalue weighted by atomic mass is 16.1. The van der Waals surface area contributed by atoms with E-state index in [0.717, 1.165) is 16.9 Å². The van der Waals surface area contributed by atoms with E-state index in [9.17, 15) is 4.79 Å². The smallest absolute Gasteiger partial charge is 0.258 e. The summed E-state index contributed by atoms with van der Waals surface area (Å²) < 4.78 is 1.58. The molecule has 124 valence electrons. The summed E-state index contributed by atoms with van der Waals surface area (Å²) in [5.74, 6) is 0. The van der Waals surface area contributed by atoms with Gasteiger partial charge in [-0.3, -0.25) is 9.20 Å². The van der Waals surface area contributed by atoms with E-state index in [2.05, 4.69) is 55.3 Å². The number of pyridine rings is 1. The first-order chi connectivity index (χ1) is 11.3. The zero-order valence-electron chi connectivity index (χ0n) is 14.6. The van der Waals surface area contributed by atoms with Crippen LogP contribution in [0.15, 0.2) is 53.5 Å². The SMILES string of the molecule is Cc1ccc2nc(CNc3ccc(C(C)(C)C)cc3)cc(=O)n2c1. The maximum Gasteiger partial charge on any atom is 0.258 e. The fourth-order valence-electron chi connectivity index (χ4n) is 2.63. The van der Waals surface area contributed by atoms with Crippen LogP contribution in [0.3, 0.4) is 0 Å². The molecule has 0 radical (unpaired) electrons. The normalized spacial score (nSPS) is 11.7. The van der Waals surface area contributed by atoms with Crippen molar-refractivity contribution >= 4 is 11.3 Å². The molecule has 0 aliphatic carbocycles. The molecule has 0 saturated carbocycles. The predicted octanol–water partition coefficient (Wildman–Crippen LogP) is 3.91. The lowest BCUT2D eigenvalue weighted by Crippen LogP contribution is -2.17. The monoisotopic (exact) mass is 321 g/mol. The molecule has 1 N–H and O–H groups in total. The molecule has 2 aromatic heterocycles. The Morgan fingerprint density at radius 3 is 2.46 bits per heavy atom. The topological polar surface area (TPSA) is 46.4 Å². The Labute approximate surface area is 142 Å². The van der Waals surface area contributed by atoms with Gasteiger partial charge in [-0.25, -0.2) is 4.98 Å². The van der Waals surface area contributed by atoms with Gasteiger partial charge in [-0.2, -0.15) is 0 Å². The lowest BCUT2D eigenvalue weighted by Gasteiger charge is -2.19. The second kappa shape index (κ2) is 6.11. The van der Waals surface area contributed by atoms with Crippen molar-refractivity contribution in [2.45, 2.75) is 39.7 Å². The molecule has 24 heavy (non-hydrogen) atoms. The third-order valence-corrected chi connectivity index (χ3v) is 4.09. The number of anilines is 1. The van der Waals surface area contributed by atoms with Crippen LogP contribution in [-0.2, 0) is 12.0 Å². The van der Waals surface area contributed by atoms with Crippen LogP contribution in [0.25, 0.3) is 5.65 Å². The summed E-state index contributed by atoms with van der Waals surface area (Å²) in [6.07, 6.45) is 1.81. The van der Waals surface area contributed by atoms with Gasteiger partial charge in [-0.15, -0.1) is 0 Å². The van der Waals surface area contributed by atoms with Crippen LogP contribution in [0, 0.1) is 6.92 Å². The van der Waals surface area contributed by atoms with Crippen LogP contribution in [0.2, 0.25) is 0 Å². The number of hydrogen-bond donors (Lipinski definition) is 1. The van der Waals surface area contributed by atoms with Crippen molar-refractivity contribution in [1.82, 2.24) is 9.38 Å². The fourth-order valence-corrected chi connectivity index (χ4v) is 2.63. The van der Waals surface area contributed by atoms with Gasteiger partial charge in [0.2, 0.25) is 0 Å². The number of fused-ring (bicyclic) bond motifs is 1. The second-order valence-electron chi connectivity index (χ2n) is 7.20. The molecular formula is C20H23N3O. The van der Waals surface area contributed by atoms with E-state index in [1.165, 1.54) is 5.56 Å². The first-order valence-electron chi connectivity index (χ1n) is 8.16. The summed E-state index contributed by atoms with van der Waals surface area (Å²) in [5.41, 5.74) is 4.86. The van der Waals surface area contributed by atoms with Crippen molar-refractivity contribution in [2.24, 2.45) is 0 Å². The predicted molar refractivity (Wildman–Crippen MR) is 98.7 cm³/mol. The Morgan fingerprint density at radius 1 is 1.08 bits per heavy atom. The van der Waals surface area contributed by atoms with Gasteiger partial charge in [-0.1, -0.05) is 39.0 Å². The van der Waals surface area contributed by atoms with Crippen molar-refractivity contribution in [3.63, 3.8) is 0 Å². The van der Waals surface area contributed by atoms with Gasteiger partial charge in [0, 0.05) is 18.0 Å². The fraction of sp³-hybridized carbons (Fsp3) is 0.300. The molecule has 0 amide bonds. The number of benzene rings is 1. The highest BCUT2D eigenvalue weighted by molar-refractivity contribution is 5.46. The molecule has 2 heterocycles. The van der Waals surface area contributed by atoms with E-state index in [0.29, 0.717) is 12.2 Å². The maximum atomic E-state index is 12.2. The number of hydrogen-bond acceptors (Lipinski definition) is 3. The van der Waals surface area contributed by atoms with Crippen LogP contribution in [0.1, 0.15) is 37.6 Å². The van der Waals surface area contributed by atoms with Gasteiger partial charge in [-0.05, 0) is 41.7 Å². The summed E-state index contributed by atoms with van der Waals surface area (Å²) >= 11 is 0. The highest BCUT2D eigenvalue weighted by Gasteiger charge is 2.12. The van der Waals surface area contributed by atoms with Crippen molar-refractivity contribution in [3.8, 4) is 0 Å². The second-order valence-corrected chi connectivity index (χ2v) is 7.20. The van der Waals surface area contributed by atoms with E-state index >= 15 is 0 Å². The van der Waals surface area contributed by atoms with Gasteiger partial charge < -0.3 is 5.32 Å². The molecule has 0 saturated heterocycles. The van der Waals surface area contributed by atoms with Crippen molar-refractivity contribution in [3.05, 3.63) is 75.8 Å². The van der Waals surface area contributed by atoms with Gasteiger partial charge in [0.05, 0.1) is 12.2 Å². The van der Waals surface area contributed by atoms with Gasteiger partial charge in [0.15, 0.2) is 0 Å². The highest BCUT2D eigenvalue weighted by Crippen LogP contribution is 2.23. The van der Waals surface area contributed by atoms with Crippen molar-refractivity contribution < 1.29 is 0 Å². The molecule has 0 unspecified atom stereocenters. The number of aryl methyl sites for hydroxylation is 1. The molecular weight excluding hydrogens is 298 g/mol. The maximum absolute atomic E-state index is 12.2. The average molecular weight is 321 g/mol. The van der Waals surface area contributed by atoms with Crippen LogP contribution in [0.5, 0.6) is 0 Å². The standard InChI is InChI=1S/C20H23N3O/c1-14-5-10-18-22-17(11-19(24)23(18)13-14)12-21-16-8-6-15(7-9-16)20(2,3)4/h5-11,13,21H,12H2,1-4H3. The molecule has 0 aliphatic heterocycles. The molecule has 0 atom stereocenters. The van der Waals surface area contributed by atoms with Crippen LogP contribution >= 0.6 is 0 Å². The van der Waals surface area contributed by atoms with Crippen molar-refractivity contribution in [1.29, 1.82) is 0 Å². The summed E-state index contributed by atoms with van der Waals surface area (Å²) in [4.78, 5) is 16.8. The minimum atomic E-state index is -0.0522. The van der Waals surface area contributed by atoms with Gasteiger partial charge in [0.25, 0.3) is 5.56 Å². The minimum Gasteiger partial charge on any atom is -0.379 e. The van der Waals surface area contributed by atoms with Crippen LogP contribution < -0.4 is 10.9 Å². The zero-order valence-corrected chi connectivity index (χ0v) is 14.6.